The van der Waals surface area contributed by atoms with E-state index in [4.69, 9.17) is 5.11 Å². The molecule has 0 aliphatic heterocycles. The smallest absolute Gasteiger partial charge is 0.318 e. The highest BCUT2D eigenvalue weighted by Gasteiger charge is 2.36. The number of carboxylic acids is 1. The van der Waals surface area contributed by atoms with Gasteiger partial charge in [0.2, 0.25) is 0 Å². The summed E-state index contributed by atoms with van der Waals surface area (Å²) < 4.78 is 27.4. The molecule has 1 saturated carbocycles. The van der Waals surface area contributed by atoms with Crippen LogP contribution in [0.15, 0.2) is 17.3 Å². The molecule has 0 spiro atoms. The van der Waals surface area contributed by atoms with E-state index in [-0.39, 0.29) is 11.1 Å². The third kappa shape index (κ3) is 2.79. The maximum absolute atomic E-state index is 12.5. The molecule has 1 N–H and O–H groups in total. The second-order valence-corrected chi connectivity index (χ2v) is 6.51. The molecule has 0 unspecified atom stereocenters. The standard InChI is InChI=1S/C11H17N3O4S/c1-13-10(6-7-12-13)19(17,18)14(8-11(15)16)9-4-2-3-5-9/h6-7,9H,2-5,8H2,1H3,(H,15,16). The quantitative estimate of drug-likeness (QED) is 0.848. The molecule has 1 heterocycles. The summed E-state index contributed by atoms with van der Waals surface area (Å²) in [5, 5.41) is 12.8. The molecule has 0 saturated heterocycles. The van der Waals surface area contributed by atoms with Gasteiger partial charge < -0.3 is 5.11 Å². The van der Waals surface area contributed by atoms with Gasteiger partial charge >= 0.3 is 5.97 Å². The molecule has 0 atom stereocenters. The van der Waals surface area contributed by atoms with E-state index in [1.54, 1.807) is 0 Å². The summed E-state index contributed by atoms with van der Waals surface area (Å²) in [4.78, 5) is 10.9. The van der Waals surface area contributed by atoms with Crippen LogP contribution in [0, 0.1) is 0 Å². The lowest BCUT2D eigenvalue weighted by molar-refractivity contribution is -0.137. The Labute approximate surface area is 111 Å². The van der Waals surface area contributed by atoms with Crippen LogP contribution in [0.1, 0.15) is 25.7 Å². The minimum Gasteiger partial charge on any atom is -0.480 e. The number of rotatable bonds is 5. The Morgan fingerprint density at radius 1 is 1.53 bits per heavy atom. The summed E-state index contributed by atoms with van der Waals surface area (Å²) >= 11 is 0. The van der Waals surface area contributed by atoms with Crippen molar-refractivity contribution in [2.45, 2.75) is 36.8 Å². The second-order valence-electron chi connectivity index (χ2n) is 4.68. The normalized spacial score (nSPS) is 17.2. The van der Waals surface area contributed by atoms with Crippen LogP contribution in [-0.4, -0.2) is 46.2 Å². The van der Waals surface area contributed by atoms with Crippen LogP contribution in [0.25, 0.3) is 0 Å². The number of hydrogen-bond donors (Lipinski definition) is 1. The summed E-state index contributed by atoms with van der Waals surface area (Å²) in [5.41, 5.74) is 0. The van der Waals surface area contributed by atoms with Crippen LogP contribution in [-0.2, 0) is 21.9 Å². The average molecular weight is 287 g/mol. The molecule has 19 heavy (non-hydrogen) atoms. The number of sulfonamides is 1. The number of carbonyl (C=O) groups is 1. The molecule has 1 aromatic rings. The predicted molar refractivity (Wildman–Crippen MR) is 67.0 cm³/mol. The zero-order valence-corrected chi connectivity index (χ0v) is 11.5. The van der Waals surface area contributed by atoms with Crippen LogP contribution in [0.2, 0.25) is 0 Å². The van der Waals surface area contributed by atoms with Crippen LogP contribution in [0.3, 0.4) is 0 Å². The van der Waals surface area contributed by atoms with E-state index in [1.807, 2.05) is 0 Å². The second kappa shape index (κ2) is 5.30. The lowest BCUT2D eigenvalue weighted by atomic mass is 10.2. The third-order valence-corrected chi connectivity index (χ3v) is 5.35. The molecule has 0 aromatic carbocycles. The van der Waals surface area contributed by atoms with Crippen molar-refractivity contribution in [1.82, 2.24) is 14.1 Å². The lowest BCUT2D eigenvalue weighted by Gasteiger charge is -2.26. The van der Waals surface area contributed by atoms with Gasteiger partial charge in [0.05, 0.1) is 6.20 Å². The van der Waals surface area contributed by atoms with Crippen molar-refractivity contribution in [1.29, 1.82) is 0 Å². The zero-order chi connectivity index (χ0) is 14.0. The van der Waals surface area contributed by atoms with E-state index in [1.165, 1.54) is 24.0 Å². The van der Waals surface area contributed by atoms with Gasteiger partial charge in [0, 0.05) is 13.1 Å². The number of aryl methyl sites for hydroxylation is 1. The Morgan fingerprint density at radius 2 is 2.16 bits per heavy atom. The number of carboxylic acid groups (broad SMARTS) is 1. The molecule has 1 aliphatic rings. The van der Waals surface area contributed by atoms with Crippen molar-refractivity contribution in [3.63, 3.8) is 0 Å². The minimum atomic E-state index is -3.81. The fraction of sp³-hybridized carbons (Fsp3) is 0.636. The Balaban J connectivity index is 2.36. The van der Waals surface area contributed by atoms with E-state index in [9.17, 15) is 13.2 Å². The van der Waals surface area contributed by atoms with Gasteiger partial charge in [-0.1, -0.05) is 12.8 Å². The summed E-state index contributed by atoms with van der Waals surface area (Å²) in [6, 6.07) is 1.16. The van der Waals surface area contributed by atoms with Crippen molar-refractivity contribution in [3.05, 3.63) is 12.3 Å². The summed E-state index contributed by atoms with van der Waals surface area (Å²) in [6.45, 7) is -0.502. The van der Waals surface area contributed by atoms with Gasteiger partial charge in [-0.05, 0) is 18.9 Å². The SMILES string of the molecule is Cn1nccc1S(=O)(=O)N(CC(=O)O)C1CCCC1. The van der Waals surface area contributed by atoms with Gasteiger partial charge in [-0.3, -0.25) is 9.48 Å². The molecule has 1 aliphatic carbocycles. The van der Waals surface area contributed by atoms with Gasteiger partial charge in [-0.15, -0.1) is 0 Å². The fourth-order valence-corrected chi connectivity index (χ4v) is 4.21. The highest BCUT2D eigenvalue weighted by atomic mass is 32.2. The van der Waals surface area contributed by atoms with Crippen LogP contribution in [0.5, 0.6) is 0 Å². The fourth-order valence-electron chi connectivity index (χ4n) is 2.47. The Hall–Kier alpha value is -1.41. The Kier molecular flexibility index (Phi) is 3.91. The molecule has 1 aromatic heterocycles. The lowest BCUT2D eigenvalue weighted by Crippen LogP contribution is -2.42. The van der Waals surface area contributed by atoms with Gasteiger partial charge in [0.1, 0.15) is 6.54 Å². The molecule has 2 rings (SSSR count). The van der Waals surface area contributed by atoms with Crippen LogP contribution in [0.4, 0.5) is 0 Å². The van der Waals surface area contributed by atoms with Crippen LogP contribution >= 0.6 is 0 Å². The topological polar surface area (TPSA) is 92.5 Å². The average Bonchev–Trinajstić information content (AvgIpc) is 2.95. The summed E-state index contributed by atoms with van der Waals surface area (Å²) in [5.74, 6) is -1.14. The number of aliphatic carboxylic acids is 1. The molecule has 8 heteroatoms. The van der Waals surface area contributed by atoms with Gasteiger partial charge in [-0.2, -0.15) is 9.40 Å². The molecule has 0 amide bonds. The first-order valence-corrected chi connectivity index (χ1v) is 7.58. The van der Waals surface area contributed by atoms with Crippen molar-refractivity contribution in [2.24, 2.45) is 7.05 Å². The van der Waals surface area contributed by atoms with Crippen molar-refractivity contribution in [3.8, 4) is 0 Å². The molecular formula is C11H17N3O4S. The first kappa shape index (κ1) is 14.0. The highest BCUT2D eigenvalue weighted by Crippen LogP contribution is 2.28. The van der Waals surface area contributed by atoms with E-state index in [0.29, 0.717) is 12.8 Å². The number of hydrogen-bond acceptors (Lipinski definition) is 4. The zero-order valence-electron chi connectivity index (χ0n) is 10.7. The van der Waals surface area contributed by atoms with E-state index < -0.39 is 22.5 Å². The van der Waals surface area contributed by atoms with Crippen LogP contribution < -0.4 is 0 Å². The van der Waals surface area contributed by atoms with Gasteiger partial charge in [-0.25, -0.2) is 8.42 Å². The first-order valence-electron chi connectivity index (χ1n) is 6.14. The molecule has 0 radical (unpaired) electrons. The van der Waals surface area contributed by atoms with Gasteiger partial charge in [0.25, 0.3) is 10.0 Å². The first-order chi connectivity index (χ1) is 8.93. The molecule has 106 valence electrons. The van der Waals surface area contributed by atoms with E-state index in [2.05, 4.69) is 5.10 Å². The molecule has 7 nitrogen and oxygen atoms in total. The largest absolute Gasteiger partial charge is 0.480 e. The minimum absolute atomic E-state index is 0.0284. The van der Waals surface area contributed by atoms with Crippen molar-refractivity contribution >= 4 is 16.0 Å². The Bertz CT molecular complexity index is 560. The van der Waals surface area contributed by atoms with Crippen molar-refractivity contribution < 1.29 is 18.3 Å². The summed E-state index contributed by atoms with van der Waals surface area (Å²) in [7, 11) is -2.29. The monoisotopic (exact) mass is 287 g/mol. The van der Waals surface area contributed by atoms with E-state index in [0.717, 1.165) is 17.1 Å². The Morgan fingerprint density at radius 3 is 2.63 bits per heavy atom. The molecular weight excluding hydrogens is 270 g/mol. The highest BCUT2D eigenvalue weighted by molar-refractivity contribution is 7.89. The number of nitrogens with zero attached hydrogens (tertiary/aromatic N) is 3. The van der Waals surface area contributed by atoms with E-state index >= 15 is 0 Å². The molecule has 0 bridgehead atoms. The summed E-state index contributed by atoms with van der Waals surface area (Å²) in [6.07, 6.45) is 4.68. The third-order valence-electron chi connectivity index (χ3n) is 3.37. The maximum atomic E-state index is 12.5. The number of aromatic nitrogens is 2. The maximum Gasteiger partial charge on any atom is 0.318 e. The van der Waals surface area contributed by atoms with Gasteiger partial charge in [0.15, 0.2) is 5.03 Å². The van der Waals surface area contributed by atoms with Crippen molar-refractivity contribution in [2.75, 3.05) is 6.54 Å². The molecule has 1 fully saturated rings. The predicted octanol–water partition coefficient (Wildman–Crippen LogP) is 0.438.